The Balaban J connectivity index is 2.05. The number of aryl methyl sites for hydroxylation is 3. The second-order valence-corrected chi connectivity index (χ2v) is 9.06. The number of nitrogens with zero attached hydrogens (tertiary/aromatic N) is 2. The van der Waals surface area contributed by atoms with Gasteiger partial charge in [-0.05, 0) is 51.7 Å². The molecule has 0 spiro atoms. The van der Waals surface area contributed by atoms with Crippen LogP contribution in [0, 0.1) is 6.92 Å². The molecular formula is C27H40N2O3. The van der Waals surface area contributed by atoms with E-state index >= 15 is 0 Å². The van der Waals surface area contributed by atoms with Gasteiger partial charge < -0.3 is 14.2 Å². The normalized spacial score (nSPS) is 20.3. The molecule has 1 aliphatic heterocycles. The van der Waals surface area contributed by atoms with E-state index in [2.05, 4.69) is 70.7 Å². The third kappa shape index (κ3) is 5.89. The van der Waals surface area contributed by atoms with E-state index in [9.17, 15) is 0 Å². The molecule has 0 unspecified atom stereocenters. The number of rotatable bonds is 9. The quantitative estimate of drug-likeness (QED) is 0.536. The van der Waals surface area contributed by atoms with Crippen molar-refractivity contribution >= 4 is 0 Å². The highest BCUT2D eigenvalue weighted by atomic mass is 16.5. The molecule has 1 aromatic heterocycles. The summed E-state index contributed by atoms with van der Waals surface area (Å²) in [6, 6.07) is 8.73. The van der Waals surface area contributed by atoms with Gasteiger partial charge in [-0.3, -0.25) is 9.88 Å². The number of ether oxygens (including phenoxy) is 3. The first-order chi connectivity index (χ1) is 15.4. The van der Waals surface area contributed by atoms with Crippen LogP contribution in [0.3, 0.4) is 0 Å². The van der Waals surface area contributed by atoms with Crippen molar-refractivity contribution in [3.8, 4) is 17.0 Å². The molecule has 0 amide bonds. The zero-order valence-electron chi connectivity index (χ0n) is 20.9. The van der Waals surface area contributed by atoms with Crippen LogP contribution in [0.25, 0.3) is 11.3 Å². The Labute approximate surface area is 194 Å². The summed E-state index contributed by atoms with van der Waals surface area (Å²) in [6.45, 7) is 16.0. The first-order valence-electron chi connectivity index (χ1n) is 12.0. The maximum absolute atomic E-state index is 6.45. The van der Waals surface area contributed by atoms with E-state index in [1.165, 1.54) is 16.7 Å². The molecule has 0 aliphatic carbocycles. The van der Waals surface area contributed by atoms with Gasteiger partial charge in [-0.2, -0.15) is 0 Å². The molecule has 1 aliphatic rings. The van der Waals surface area contributed by atoms with Crippen molar-refractivity contribution in [3.63, 3.8) is 0 Å². The zero-order valence-corrected chi connectivity index (χ0v) is 20.9. The van der Waals surface area contributed by atoms with Crippen molar-refractivity contribution in [2.24, 2.45) is 0 Å². The molecule has 0 radical (unpaired) electrons. The van der Waals surface area contributed by atoms with E-state index in [1.54, 1.807) is 7.11 Å². The molecule has 1 saturated heterocycles. The maximum Gasteiger partial charge on any atom is 0.128 e. The summed E-state index contributed by atoms with van der Waals surface area (Å²) >= 11 is 0. The van der Waals surface area contributed by atoms with Gasteiger partial charge in [-0.25, -0.2) is 0 Å². The standard InChI is InChI=1S/C27H40N2O3/c1-8-22-11-10-12-23(9-2)27(22)25-13-26(32-20(5)17-30-7)24(21(6)28-25)16-29-14-18(3)31-19(4)15-29/h10-13,18-20H,8-9,14-17H2,1-7H3/t18-,19-,20-/m1/s1. The fraction of sp³-hybridized carbons (Fsp3) is 0.593. The molecule has 2 heterocycles. The molecule has 5 nitrogen and oxygen atoms in total. The van der Waals surface area contributed by atoms with Crippen molar-refractivity contribution < 1.29 is 14.2 Å². The summed E-state index contributed by atoms with van der Waals surface area (Å²) in [5.41, 5.74) is 7.10. The van der Waals surface area contributed by atoms with Gasteiger partial charge in [0.25, 0.3) is 0 Å². The summed E-state index contributed by atoms with van der Waals surface area (Å²) in [6.07, 6.45) is 2.37. The molecule has 0 N–H and O–H groups in total. The molecule has 2 aromatic rings. The number of morpholine rings is 1. The fourth-order valence-corrected chi connectivity index (χ4v) is 4.79. The average Bonchev–Trinajstić information content (AvgIpc) is 2.74. The summed E-state index contributed by atoms with van der Waals surface area (Å²) in [5.74, 6) is 0.914. The molecule has 1 fully saturated rings. The Hall–Kier alpha value is -1.95. The maximum atomic E-state index is 6.45. The van der Waals surface area contributed by atoms with Gasteiger partial charge in [-0.15, -0.1) is 0 Å². The first-order valence-corrected chi connectivity index (χ1v) is 12.0. The van der Waals surface area contributed by atoms with Gasteiger partial charge in [0, 0.05) is 49.6 Å². The van der Waals surface area contributed by atoms with E-state index in [-0.39, 0.29) is 18.3 Å². The smallest absolute Gasteiger partial charge is 0.128 e. The minimum atomic E-state index is -0.0389. The lowest BCUT2D eigenvalue weighted by atomic mass is 9.94. The van der Waals surface area contributed by atoms with E-state index < -0.39 is 0 Å². The van der Waals surface area contributed by atoms with Crippen LogP contribution in [0.2, 0.25) is 0 Å². The minimum absolute atomic E-state index is 0.0389. The first kappa shape index (κ1) is 24.7. The Morgan fingerprint density at radius 1 is 1.12 bits per heavy atom. The topological polar surface area (TPSA) is 43.8 Å². The number of aromatic nitrogens is 1. The lowest BCUT2D eigenvalue weighted by Crippen LogP contribution is -2.45. The van der Waals surface area contributed by atoms with Crippen molar-refractivity contribution in [2.75, 3.05) is 26.8 Å². The van der Waals surface area contributed by atoms with Gasteiger partial charge in [0.05, 0.1) is 24.5 Å². The van der Waals surface area contributed by atoms with Gasteiger partial charge in [-0.1, -0.05) is 32.0 Å². The number of pyridine rings is 1. The number of hydrogen-bond acceptors (Lipinski definition) is 5. The third-order valence-electron chi connectivity index (χ3n) is 6.15. The van der Waals surface area contributed by atoms with E-state index in [1.807, 2.05) is 0 Å². The average molecular weight is 441 g/mol. The van der Waals surface area contributed by atoms with E-state index in [0.717, 1.165) is 55.2 Å². The number of benzene rings is 1. The third-order valence-corrected chi connectivity index (χ3v) is 6.15. The van der Waals surface area contributed by atoms with Crippen molar-refractivity contribution in [3.05, 3.63) is 46.6 Å². The van der Waals surface area contributed by atoms with Crippen molar-refractivity contribution in [1.29, 1.82) is 0 Å². The summed E-state index contributed by atoms with van der Waals surface area (Å²) in [5, 5.41) is 0. The monoisotopic (exact) mass is 440 g/mol. The molecule has 176 valence electrons. The Kier molecular flexibility index (Phi) is 8.69. The van der Waals surface area contributed by atoms with Crippen LogP contribution >= 0.6 is 0 Å². The fourth-order valence-electron chi connectivity index (χ4n) is 4.79. The highest BCUT2D eigenvalue weighted by Crippen LogP contribution is 2.34. The largest absolute Gasteiger partial charge is 0.488 e. The lowest BCUT2D eigenvalue weighted by Gasteiger charge is -2.36. The SMILES string of the molecule is CCc1cccc(CC)c1-c1cc(O[C@H](C)COC)c(CN2C[C@@H](C)O[C@H](C)C2)c(C)n1. The summed E-state index contributed by atoms with van der Waals surface area (Å²) in [4.78, 5) is 7.56. The van der Waals surface area contributed by atoms with Crippen LogP contribution in [0.1, 0.15) is 57.0 Å². The van der Waals surface area contributed by atoms with Crippen LogP contribution in [-0.4, -0.2) is 55.0 Å². The van der Waals surface area contributed by atoms with E-state index in [0.29, 0.717) is 6.61 Å². The molecule has 1 aromatic carbocycles. The Morgan fingerprint density at radius 2 is 1.75 bits per heavy atom. The number of methoxy groups -OCH3 is 1. The molecule has 5 heteroatoms. The van der Waals surface area contributed by atoms with Crippen molar-refractivity contribution in [1.82, 2.24) is 9.88 Å². The minimum Gasteiger partial charge on any atom is -0.488 e. The molecule has 0 bridgehead atoms. The summed E-state index contributed by atoms with van der Waals surface area (Å²) < 4.78 is 17.7. The highest BCUT2D eigenvalue weighted by molar-refractivity contribution is 5.70. The van der Waals surface area contributed by atoms with Crippen LogP contribution < -0.4 is 4.74 Å². The molecular weight excluding hydrogens is 400 g/mol. The van der Waals surface area contributed by atoms with Gasteiger partial charge >= 0.3 is 0 Å². The van der Waals surface area contributed by atoms with Crippen LogP contribution in [0.15, 0.2) is 24.3 Å². The Bertz CT molecular complexity index is 866. The molecule has 0 saturated carbocycles. The van der Waals surface area contributed by atoms with Gasteiger partial charge in [0.15, 0.2) is 0 Å². The summed E-state index contributed by atoms with van der Waals surface area (Å²) in [7, 11) is 1.71. The number of hydrogen-bond donors (Lipinski definition) is 0. The van der Waals surface area contributed by atoms with Gasteiger partial charge in [0.2, 0.25) is 0 Å². The molecule has 3 rings (SSSR count). The lowest BCUT2D eigenvalue weighted by molar-refractivity contribution is -0.0707. The second-order valence-electron chi connectivity index (χ2n) is 9.06. The van der Waals surface area contributed by atoms with Crippen LogP contribution in [-0.2, 0) is 28.9 Å². The molecule has 3 atom stereocenters. The van der Waals surface area contributed by atoms with Crippen LogP contribution in [0.5, 0.6) is 5.75 Å². The van der Waals surface area contributed by atoms with Crippen molar-refractivity contribution in [2.45, 2.75) is 79.2 Å². The zero-order chi connectivity index (χ0) is 23.3. The molecule has 32 heavy (non-hydrogen) atoms. The predicted octanol–water partition coefficient (Wildman–Crippen LogP) is 5.20. The predicted molar refractivity (Wildman–Crippen MR) is 130 cm³/mol. The van der Waals surface area contributed by atoms with Crippen LogP contribution in [0.4, 0.5) is 0 Å². The van der Waals surface area contributed by atoms with Gasteiger partial charge in [0.1, 0.15) is 11.9 Å². The highest BCUT2D eigenvalue weighted by Gasteiger charge is 2.25. The van der Waals surface area contributed by atoms with E-state index in [4.69, 9.17) is 19.2 Å². The second kappa shape index (κ2) is 11.3. The Morgan fingerprint density at radius 3 is 2.31 bits per heavy atom.